The lowest BCUT2D eigenvalue weighted by Crippen LogP contribution is -2.34. The molecule has 0 aliphatic carbocycles. The van der Waals surface area contributed by atoms with Gasteiger partial charge in [-0.3, -0.25) is 9.58 Å². The largest absolute Gasteiger partial charge is 0.390 e. The first kappa shape index (κ1) is 15.0. The minimum Gasteiger partial charge on any atom is -0.390 e. The molecule has 1 atom stereocenters. The lowest BCUT2D eigenvalue weighted by molar-refractivity contribution is 0.0941. The van der Waals surface area contributed by atoms with Crippen molar-refractivity contribution in [3.05, 3.63) is 53.3 Å². The summed E-state index contributed by atoms with van der Waals surface area (Å²) < 4.78 is 1.75. The molecule has 0 saturated carbocycles. The second-order valence-corrected chi connectivity index (χ2v) is 5.28. The van der Waals surface area contributed by atoms with Gasteiger partial charge in [0.15, 0.2) is 0 Å². The van der Waals surface area contributed by atoms with Crippen molar-refractivity contribution >= 4 is 11.6 Å². The number of aliphatic hydroxyl groups is 1. The fraction of sp³-hybridized carbons (Fsp3) is 0.400. The van der Waals surface area contributed by atoms with Gasteiger partial charge in [0.25, 0.3) is 0 Å². The molecule has 0 aliphatic heterocycles. The summed E-state index contributed by atoms with van der Waals surface area (Å²) in [6, 6.07) is 9.69. The number of benzene rings is 1. The van der Waals surface area contributed by atoms with E-state index < -0.39 is 6.10 Å². The lowest BCUT2D eigenvalue weighted by Gasteiger charge is -2.23. The topological polar surface area (TPSA) is 41.3 Å². The summed E-state index contributed by atoms with van der Waals surface area (Å²) in [5.74, 6) is 0. The molecule has 1 aromatic heterocycles. The fourth-order valence-electron chi connectivity index (χ4n) is 2.18. The molecule has 0 spiro atoms. The summed E-state index contributed by atoms with van der Waals surface area (Å²) in [4.78, 5) is 2.19. The molecule has 108 valence electrons. The average molecular weight is 294 g/mol. The molecule has 4 nitrogen and oxygen atoms in total. The zero-order chi connectivity index (χ0) is 14.4. The first-order chi connectivity index (χ1) is 9.67. The smallest absolute Gasteiger partial charge is 0.0862 e. The van der Waals surface area contributed by atoms with Crippen molar-refractivity contribution in [3.8, 4) is 0 Å². The molecule has 0 amide bonds. The van der Waals surface area contributed by atoms with E-state index >= 15 is 0 Å². The molecule has 0 bridgehead atoms. The van der Waals surface area contributed by atoms with Crippen molar-refractivity contribution in [2.24, 2.45) is 0 Å². The van der Waals surface area contributed by atoms with E-state index in [-0.39, 0.29) is 0 Å². The van der Waals surface area contributed by atoms with E-state index in [1.165, 1.54) is 0 Å². The molecule has 2 aromatic rings. The van der Waals surface area contributed by atoms with Gasteiger partial charge in [-0.25, -0.2) is 0 Å². The van der Waals surface area contributed by atoms with E-state index in [0.29, 0.717) is 13.1 Å². The normalized spacial score (nSPS) is 12.8. The number of aliphatic hydroxyl groups excluding tert-OH is 1. The molecule has 0 fully saturated rings. The number of likely N-dealkylation sites (N-methyl/N-ethyl adjacent to an activating group) is 1. The Morgan fingerprint density at radius 3 is 2.90 bits per heavy atom. The highest BCUT2D eigenvalue weighted by molar-refractivity contribution is 6.30. The molecule has 1 N–H and O–H groups in total. The minimum absolute atomic E-state index is 0.436. The van der Waals surface area contributed by atoms with E-state index in [1.54, 1.807) is 10.9 Å². The van der Waals surface area contributed by atoms with Crippen molar-refractivity contribution in [2.45, 2.75) is 26.1 Å². The van der Waals surface area contributed by atoms with Gasteiger partial charge >= 0.3 is 0 Å². The number of aromatic nitrogens is 2. The highest BCUT2D eigenvalue weighted by Crippen LogP contribution is 2.13. The molecule has 0 unspecified atom stereocenters. The van der Waals surface area contributed by atoms with Gasteiger partial charge in [0.2, 0.25) is 0 Å². The van der Waals surface area contributed by atoms with Crippen LogP contribution in [0.2, 0.25) is 5.02 Å². The van der Waals surface area contributed by atoms with Crippen LogP contribution in [-0.2, 0) is 13.1 Å². The van der Waals surface area contributed by atoms with Crippen LogP contribution in [0.15, 0.2) is 42.7 Å². The monoisotopic (exact) mass is 293 g/mol. The molecule has 5 heteroatoms. The fourth-order valence-corrected chi connectivity index (χ4v) is 2.39. The van der Waals surface area contributed by atoms with E-state index in [9.17, 15) is 5.11 Å². The summed E-state index contributed by atoms with van der Waals surface area (Å²) in [6.45, 7) is 4.88. The van der Waals surface area contributed by atoms with Gasteiger partial charge in [0.05, 0.1) is 12.6 Å². The Bertz CT molecular complexity index is 516. The molecule has 2 rings (SSSR count). The molecule has 0 saturated heterocycles. The first-order valence-electron chi connectivity index (χ1n) is 6.79. The number of halogens is 1. The lowest BCUT2D eigenvalue weighted by atomic mass is 10.2. The number of hydrogen-bond acceptors (Lipinski definition) is 3. The Morgan fingerprint density at radius 1 is 1.40 bits per heavy atom. The number of nitrogens with zero attached hydrogens (tertiary/aromatic N) is 3. The summed E-state index contributed by atoms with van der Waals surface area (Å²) in [7, 11) is 0. The standard InChI is InChI=1S/C15H20ClN3O/c1-2-18(10-13-5-3-6-14(16)9-13)11-15(20)12-19-8-4-7-17-19/h3-9,15,20H,2,10-12H2,1H3/t15-/m0/s1. The molecule has 1 heterocycles. The molecular weight excluding hydrogens is 274 g/mol. The molecular formula is C15H20ClN3O. The third-order valence-corrected chi connectivity index (χ3v) is 3.40. The Labute approximate surface area is 124 Å². The number of rotatable bonds is 7. The Hall–Kier alpha value is -1.36. The zero-order valence-electron chi connectivity index (χ0n) is 11.6. The van der Waals surface area contributed by atoms with Gasteiger partial charge in [0, 0.05) is 30.5 Å². The van der Waals surface area contributed by atoms with Crippen LogP contribution in [0.25, 0.3) is 0 Å². The van der Waals surface area contributed by atoms with Crippen LogP contribution in [0.4, 0.5) is 0 Å². The van der Waals surface area contributed by atoms with Crippen LogP contribution in [0, 0.1) is 0 Å². The second kappa shape index (κ2) is 7.43. The van der Waals surface area contributed by atoms with Crippen molar-refractivity contribution < 1.29 is 5.11 Å². The van der Waals surface area contributed by atoms with E-state index in [1.807, 2.05) is 30.5 Å². The molecule has 0 aliphatic rings. The van der Waals surface area contributed by atoms with Gasteiger partial charge in [0.1, 0.15) is 0 Å². The third kappa shape index (κ3) is 4.63. The van der Waals surface area contributed by atoms with Gasteiger partial charge in [-0.05, 0) is 30.3 Å². The van der Waals surface area contributed by atoms with Crippen LogP contribution in [-0.4, -0.2) is 39.0 Å². The van der Waals surface area contributed by atoms with Gasteiger partial charge in [-0.2, -0.15) is 5.10 Å². The maximum Gasteiger partial charge on any atom is 0.0862 e. The predicted octanol–water partition coefficient (Wildman–Crippen LogP) is 2.42. The highest BCUT2D eigenvalue weighted by atomic mass is 35.5. The third-order valence-electron chi connectivity index (χ3n) is 3.17. The maximum absolute atomic E-state index is 10.1. The molecule has 0 radical (unpaired) electrons. The van der Waals surface area contributed by atoms with Crippen molar-refractivity contribution in [2.75, 3.05) is 13.1 Å². The second-order valence-electron chi connectivity index (χ2n) is 4.84. The van der Waals surface area contributed by atoms with E-state index in [4.69, 9.17) is 11.6 Å². The predicted molar refractivity (Wildman–Crippen MR) is 80.6 cm³/mol. The summed E-state index contributed by atoms with van der Waals surface area (Å²) in [5.41, 5.74) is 1.16. The summed E-state index contributed by atoms with van der Waals surface area (Å²) in [6.07, 6.45) is 3.14. The summed E-state index contributed by atoms with van der Waals surface area (Å²) >= 11 is 5.99. The van der Waals surface area contributed by atoms with Gasteiger partial charge in [-0.15, -0.1) is 0 Å². The summed E-state index contributed by atoms with van der Waals surface area (Å²) in [5, 5.41) is 15.0. The van der Waals surface area contributed by atoms with Crippen molar-refractivity contribution in [3.63, 3.8) is 0 Å². The Balaban J connectivity index is 1.88. The first-order valence-corrected chi connectivity index (χ1v) is 7.17. The SMILES string of the molecule is CCN(Cc1cccc(Cl)c1)C[C@H](O)Cn1cccn1. The minimum atomic E-state index is -0.436. The Morgan fingerprint density at radius 2 is 2.25 bits per heavy atom. The Kier molecular flexibility index (Phi) is 5.59. The van der Waals surface area contributed by atoms with Crippen molar-refractivity contribution in [1.29, 1.82) is 0 Å². The van der Waals surface area contributed by atoms with Crippen LogP contribution in [0.3, 0.4) is 0 Å². The highest BCUT2D eigenvalue weighted by Gasteiger charge is 2.11. The molecule has 1 aromatic carbocycles. The zero-order valence-corrected chi connectivity index (χ0v) is 12.4. The van der Waals surface area contributed by atoms with Crippen LogP contribution in [0.1, 0.15) is 12.5 Å². The van der Waals surface area contributed by atoms with Crippen LogP contribution in [0.5, 0.6) is 0 Å². The van der Waals surface area contributed by atoms with Crippen LogP contribution < -0.4 is 0 Å². The van der Waals surface area contributed by atoms with Gasteiger partial charge < -0.3 is 5.11 Å². The number of hydrogen-bond donors (Lipinski definition) is 1. The maximum atomic E-state index is 10.1. The quantitative estimate of drug-likeness (QED) is 0.852. The van der Waals surface area contributed by atoms with E-state index in [0.717, 1.165) is 23.7 Å². The van der Waals surface area contributed by atoms with Gasteiger partial charge in [-0.1, -0.05) is 30.7 Å². The molecule has 20 heavy (non-hydrogen) atoms. The van der Waals surface area contributed by atoms with Crippen LogP contribution >= 0.6 is 11.6 Å². The van der Waals surface area contributed by atoms with Crippen molar-refractivity contribution in [1.82, 2.24) is 14.7 Å². The average Bonchev–Trinajstić information content (AvgIpc) is 2.90. The van der Waals surface area contributed by atoms with E-state index in [2.05, 4.69) is 23.0 Å².